The van der Waals surface area contributed by atoms with Crippen molar-refractivity contribution >= 4 is 22.5 Å². The van der Waals surface area contributed by atoms with Gasteiger partial charge in [0.15, 0.2) is 5.65 Å². The van der Waals surface area contributed by atoms with Crippen molar-refractivity contribution in [3.8, 4) is 22.5 Å². The minimum absolute atomic E-state index is 0.132. The molecule has 2 atom stereocenters. The van der Waals surface area contributed by atoms with Crippen molar-refractivity contribution in [2.45, 2.75) is 46.5 Å². The van der Waals surface area contributed by atoms with Crippen molar-refractivity contribution in [1.82, 2.24) is 15.0 Å². The molecule has 178 valence electrons. The maximum Gasteiger partial charge on any atom is 0.178 e. The second kappa shape index (κ2) is 10.2. The Kier molecular flexibility index (Phi) is 7.14. The number of morpholine rings is 1. The Morgan fingerprint density at radius 3 is 2.41 bits per heavy atom. The summed E-state index contributed by atoms with van der Waals surface area (Å²) in [5.41, 5.74) is 12.8. The average molecular weight is 460 g/mol. The molecule has 3 heterocycles. The number of aromatic nitrogens is 3. The number of fused-ring (bicyclic) bond motifs is 1. The molecule has 4 aromatic rings. The number of nitrogens with zero attached hydrogens (tertiary/aromatic N) is 3. The van der Waals surface area contributed by atoms with Crippen molar-refractivity contribution in [3.05, 3.63) is 60.3 Å². The first-order valence-electron chi connectivity index (χ1n) is 11.9. The number of aromatic amines is 1. The summed E-state index contributed by atoms with van der Waals surface area (Å²) < 4.78 is 5.85. The van der Waals surface area contributed by atoms with E-state index in [9.17, 15) is 5.11 Å². The molecule has 2 aromatic carbocycles. The number of H-pyrrole nitrogens is 1. The quantitative estimate of drug-likeness (QED) is 0.371. The third kappa shape index (κ3) is 4.62. The highest BCUT2D eigenvalue weighted by Gasteiger charge is 2.22. The molecule has 7 nitrogen and oxygen atoms in total. The number of aliphatic hydroxyl groups excluding tert-OH is 1. The van der Waals surface area contributed by atoms with Crippen LogP contribution in [0.15, 0.2) is 54.7 Å². The minimum atomic E-state index is -0.132. The van der Waals surface area contributed by atoms with Crippen LogP contribution in [0.1, 0.15) is 33.3 Å². The molecule has 0 radical (unpaired) electrons. The Balaban J connectivity index is 0.00000133. The SMILES string of the molecule is CC.CC1CN(c2ccc(-c3nc4nccc(-c5cccc(N)c5CO)c4[nH]3)cc2)CC(C)O1. The zero-order valence-corrected chi connectivity index (χ0v) is 20.2. The highest BCUT2D eigenvalue weighted by molar-refractivity contribution is 5.93. The molecule has 34 heavy (non-hydrogen) atoms. The number of hydrogen-bond acceptors (Lipinski definition) is 6. The van der Waals surface area contributed by atoms with Gasteiger partial charge in [-0.3, -0.25) is 0 Å². The Hall–Kier alpha value is -3.42. The molecule has 2 aromatic heterocycles. The number of pyridine rings is 1. The van der Waals surface area contributed by atoms with Crippen LogP contribution in [-0.2, 0) is 11.3 Å². The first-order valence-corrected chi connectivity index (χ1v) is 11.9. The number of rotatable bonds is 4. The molecular formula is C27H33N5O2. The molecule has 1 aliphatic heterocycles. The number of aliphatic hydroxyl groups is 1. The lowest BCUT2D eigenvalue weighted by molar-refractivity contribution is -0.00521. The van der Waals surface area contributed by atoms with Gasteiger partial charge < -0.3 is 25.5 Å². The number of ether oxygens (including phenoxy) is 1. The van der Waals surface area contributed by atoms with Crippen LogP contribution in [0.25, 0.3) is 33.7 Å². The highest BCUT2D eigenvalue weighted by atomic mass is 16.5. The standard InChI is InChI=1S/C25H27N5O2.C2H6/c1-15-12-30(13-16(2)32-15)18-8-6-17(7-9-18)24-28-23-20(10-11-27-25(23)29-24)19-4-3-5-22(26)21(19)14-31;1-2/h3-11,15-16,31H,12-14,26H2,1-2H3,(H,27,28,29);1-2H3. The van der Waals surface area contributed by atoms with Crippen molar-refractivity contribution in [3.63, 3.8) is 0 Å². The molecule has 2 unspecified atom stereocenters. The number of nitrogens with two attached hydrogens (primary N) is 1. The second-order valence-corrected chi connectivity index (χ2v) is 8.38. The monoisotopic (exact) mass is 459 g/mol. The highest BCUT2D eigenvalue weighted by Crippen LogP contribution is 2.33. The predicted molar refractivity (Wildman–Crippen MR) is 139 cm³/mol. The lowest BCUT2D eigenvalue weighted by Gasteiger charge is -2.36. The van der Waals surface area contributed by atoms with Gasteiger partial charge in [-0.25, -0.2) is 9.97 Å². The van der Waals surface area contributed by atoms with Crippen LogP contribution in [0.5, 0.6) is 0 Å². The van der Waals surface area contributed by atoms with Gasteiger partial charge in [-0.05, 0) is 55.8 Å². The average Bonchev–Trinajstić information content (AvgIpc) is 3.29. The molecule has 5 rings (SSSR count). The summed E-state index contributed by atoms with van der Waals surface area (Å²) in [6.07, 6.45) is 2.17. The summed E-state index contributed by atoms with van der Waals surface area (Å²) >= 11 is 0. The van der Waals surface area contributed by atoms with E-state index >= 15 is 0 Å². The summed E-state index contributed by atoms with van der Waals surface area (Å²) in [5, 5.41) is 9.85. The Morgan fingerprint density at radius 2 is 1.74 bits per heavy atom. The maximum atomic E-state index is 9.85. The molecule has 1 saturated heterocycles. The number of hydrogen-bond donors (Lipinski definition) is 3. The Labute approximate surface area is 200 Å². The van der Waals surface area contributed by atoms with Crippen molar-refractivity contribution < 1.29 is 9.84 Å². The van der Waals surface area contributed by atoms with E-state index < -0.39 is 0 Å². The van der Waals surface area contributed by atoms with E-state index in [0.29, 0.717) is 16.9 Å². The van der Waals surface area contributed by atoms with Crippen molar-refractivity contribution in [2.24, 2.45) is 0 Å². The van der Waals surface area contributed by atoms with Gasteiger partial charge >= 0.3 is 0 Å². The first kappa shape index (κ1) is 23.7. The summed E-state index contributed by atoms with van der Waals surface area (Å²) in [4.78, 5) is 15.0. The first-order chi connectivity index (χ1) is 16.5. The fourth-order valence-corrected chi connectivity index (χ4v) is 4.52. The molecule has 0 amide bonds. The van der Waals surface area contributed by atoms with E-state index in [4.69, 9.17) is 15.5 Å². The number of anilines is 2. The fraction of sp³-hybridized carbons (Fsp3) is 0.333. The predicted octanol–water partition coefficient (Wildman–Crippen LogP) is 5.01. The maximum absolute atomic E-state index is 9.85. The van der Waals surface area contributed by atoms with Crippen LogP contribution in [0, 0.1) is 0 Å². The number of nitrogens with one attached hydrogen (secondary N) is 1. The van der Waals surface area contributed by atoms with Gasteiger partial charge in [0.25, 0.3) is 0 Å². The smallest absolute Gasteiger partial charge is 0.178 e. The molecule has 1 aliphatic rings. The molecule has 0 bridgehead atoms. The lowest BCUT2D eigenvalue weighted by Crippen LogP contribution is -2.45. The molecule has 0 aliphatic carbocycles. The topological polar surface area (TPSA) is 100 Å². The van der Waals surface area contributed by atoms with Gasteiger partial charge in [-0.1, -0.05) is 26.0 Å². The molecular weight excluding hydrogens is 426 g/mol. The van der Waals surface area contributed by atoms with Crippen LogP contribution in [0.2, 0.25) is 0 Å². The third-order valence-corrected chi connectivity index (χ3v) is 5.98. The van der Waals surface area contributed by atoms with Crippen LogP contribution in [0.3, 0.4) is 0 Å². The van der Waals surface area contributed by atoms with Crippen molar-refractivity contribution in [1.29, 1.82) is 0 Å². The largest absolute Gasteiger partial charge is 0.398 e. The van der Waals surface area contributed by atoms with Crippen molar-refractivity contribution in [2.75, 3.05) is 23.7 Å². The zero-order valence-electron chi connectivity index (χ0n) is 20.2. The van der Waals surface area contributed by atoms with Gasteiger partial charge in [0, 0.05) is 47.4 Å². The van der Waals surface area contributed by atoms with Crippen LogP contribution in [0.4, 0.5) is 11.4 Å². The van der Waals surface area contributed by atoms with Crippen LogP contribution < -0.4 is 10.6 Å². The zero-order chi connectivity index (χ0) is 24.2. The molecule has 1 fully saturated rings. The molecule has 0 spiro atoms. The number of nitrogen functional groups attached to an aromatic ring is 1. The Bertz CT molecular complexity index is 1240. The third-order valence-electron chi connectivity index (χ3n) is 5.98. The van der Waals surface area contributed by atoms with Crippen LogP contribution >= 0.6 is 0 Å². The van der Waals surface area contributed by atoms with E-state index in [1.165, 1.54) is 5.69 Å². The van der Waals surface area contributed by atoms with Crippen LogP contribution in [-0.4, -0.2) is 45.4 Å². The van der Waals surface area contributed by atoms with Gasteiger partial charge in [0.1, 0.15) is 5.82 Å². The van der Waals surface area contributed by atoms with E-state index in [-0.39, 0.29) is 18.8 Å². The number of benzene rings is 2. The van der Waals surface area contributed by atoms with E-state index in [0.717, 1.165) is 41.1 Å². The summed E-state index contributed by atoms with van der Waals surface area (Å²) in [7, 11) is 0. The minimum Gasteiger partial charge on any atom is -0.398 e. The fourth-order valence-electron chi connectivity index (χ4n) is 4.52. The van der Waals surface area contributed by atoms with E-state index in [2.05, 4.69) is 53.0 Å². The number of imidazole rings is 1. The van der Waals surface area contributed by atoms with Gasteiger partial charge in [0.05, 0.1) is 24.3 Å². The van der Waals surface area contributed by atoms with E-state index in [1.54, 1.807) is 12.3 Å². The normalized spacial score (nSPS) is 18.0. The van der Waals surface area contributed by atoms with Gasteiger partial charge in [0.2, 0.25) is 0 Å². The molecule has 0 saturated carbocycles. The molecule has 7 heteroatoms. The van der Waals surface area contributed by atoms with Gasteiger partial charge in [-0.15, -0.1) is 0 Å². The summed E-state index contributed by atoms with van der Waals surface area (Å²) in [6, 6.07) is 16.0. The van der Waals surface area contributed by atoms with Gasteiger partial charge in [-0.2, -0.15) is 0 Å². The Morgan fingerprint density at radius 1 is 1.03 bits per heavy atom. The summed E-state index contributed by atoms with van der Waals surface area (Å²) in [6.45, 7) is 9.86. The second-order valence-electron chi connectivity index (χ2n) is 8.38. The lowest BCUT2D eigenvalue weighted by atomic mass is 9.99. The molecule has 4 N–H and O–H groups in total. The summed E-state index contributed by atoms with van der Waals surface area (Å²) in [5.74, 6) is 0.754. The van der Waals surface area contributed by atoms with E-state index in [1.807, 2.05) is 32.0 Å².